The number of nitrogens with one attached hydrogen (secondary N) is 1. The molecule has 0 aromatic heterocycles. The Bertz CT molecular complexity index is 601. The smallest absolute Gasteiger partial charge is 0.129 e. The van der Waals surface area contributed by atoms with Gasteiger partial charge in [0.1, 0.15) is 11.6 Å². The van der Waals surface area contributed by atoms with Crippen molar-refractivity contribution in [3.63, 3.8) is 0 Å². The second-order valence-electron chi connectivity index (χ2n) is 5.05. The number of hydrogen-bond donors (Lipinski definition) is 1. The highest BCUT2D eigenvalue weighted by Crippen LogP contribution is 2.21. The number of hydrogen-bond acceptors (Lipinski definition) is 2. The third-order valence-electron chi connectivity index (χ3n) is 3.33. The van der Waals surface area contributed by atoms with Crippen LogP contribution in [0.25, 0.3) is 0 Å². The van der Waals surface area contributed by atoms with Crippen molar-refractivity contribution in [2.24, 2.45) is 0 Å². The first-order valence-corrected chi connectivity index (χ1v) is 7.87. The highest BCUT2D eigenvalue weighted by Gasteiger charge is 2.12. The molecule has 0 fully saturated rings. The molecular formula is C17H19F2NS. The van der Waals surface area contributed by atoms with Crippen LogP contribution in [0.1, 0.15) is 11.1 Å². The van der Waals surface area contributed by atoms with E-state index in [1.165, 1.54) is 22.6 Å². The summed E-state index contributed by atoms with van der Waals surface area (Å²) in [5.74, 6) is -0.182. The molecule has 0 saturated carbocycles. The molecule has 0 amide bonds. The van der Waals surface area contributed by atoms with Crippen molar-refractivity contribution in [1.82, 2.24) is 5.32 Å². The zero-order chi connectivity index (χ0) is 15.2. The van der Waals surface area contributed by atoms with Gasteiger partial charge in [-0.15, -0.1) is 11.8 Å². The first-order chi connectivity index (χ1) is 10.1. The SMILES string of the molecule is CNC(CSc1cccc(C)c1)Cc1ccc(F)cc1F. The summed E-state index contributed by atoms with van der Waals surface area (Å²) in [4.78, 5) is 1.20. The van der Waals surface area contributed by atoms with Gasteiger partial charge in [-0.05, 0) is 44.2 Å². The lowest BCUT2D eigenvalue weighted by molar-refractivity contribution is 0.550. The number of thioether (sulfide) groups is 1. The lowest BCUT2D eigenvalue weighted by Crippen LogP contribution is -2.30. The summed E-state index contributed by atoms with van der Waals surface area (Å²) in [7, 11) is 1.86. The zero-order valence-electron chi connectivity index (χ0n) is 12.2. The molecule has 0 aliphatic carbocycles. The van der Waals surface area contributed by atoms with Crippen LogP contribution in [-0.2, 0) is 6.42 Å². The summed E-state index contributed by atoms with van der Waals surface area (Å²) in [6, 6.07) is 12.2. The molecule has 0 heterocycles. The fourth-order valence-electron chi connectivity index (χ4n) is 2.10. The van der Waals surface area contributed by atoms with E-state index < -0.39 is 11.6 Å². The van der Waals surface area contributed by atoms with Gasteiger partial charge in [0.05, 0.1) is 0 Å². The maximum Gasteiger partial charge on any atom is 0.129 e. The van der Waals surface area contributed by atoms with E-state index in [-0.39, 0.29) is 6.04 Å². The number of rotatable bonds is 6. The van der Waals surface area contributed by atoms with Gasteiger partial charge in [0, 0.05) is 22.8 Å². The van der Waals surface area contributed by atoms with E-state index in [4.69, 9.17) is 0 Å². The number of benzene rings is 2. The summed E-state index contributed by atoms with van der Waals surface area (Å²) in [5, 5.41) is 3.20. The molecule has 0 saturated heterocycles. The van der Waals surface area contributed by atoms with Gasteiger partial charge in [-0.2, -0.15) is 0 Å². The minimum absolute atomic E-state index is 0.135. The second kappa shape index (κ2) is 7.57. The van der Waals surface area contributed by atoms with Crippen LogP contribution in [0.3, 0.4) is 0 Å². The van der Waals surface area contributed by atoms with E-state index in [9.17, 15) is 8.78 Å². The second-order valence-corrected chi connectivity index (χ2v) is 6.15. The minimum atomic E-state index is -0.536. The highest BCUT2D eigenvalue weighted by molar-refractivity contribution is 7.99. The Morgan fingerprint density at radius 1 is 1.14 bits per heavy atom. The van der Waals surface area contributed by atoms with E-state index in [1.54, 1.807) is 11.8 Å². The van der Waals surface area contributed by atoms with Gasteiger partial charge in [-0.25, -0.2) is 8.78 Å². The molecule has 112 valence electrons. The maximum atomic E-state index is 13.7. The predicted octanol–water partition coefficient (Wildman–Crippen LogP) is 4.20. The molecule has 2 rings (SSSR count). The normalized spacial score (nSPS) is 12.4. The molecule has 0 bridgehead atoms. The minimum Gasteiger partial charge on any atom is -0.316 e. The molecule has 0 radical (unpaired) electrons. The Hall–Kier alpha value is -1.39. The lowest BCUT2D eigenvalue weighted by atomic mass is 10.1. The number of likely N-dealkylation sites (N-methyl/N-ethyl adjacent to an activating group) is 1. The number of halogens is 2. The lowest BCUT2D eigenvalue weighted by Gasteiger charge is -2.16. The van der Waals surface area contributed by atoms with Gasteiger partial charge >= 0.3 is 0 Å². The summed E-state index contributed by atoms with van der Waals surface area (Å²) in [6.07, 6.45) is 0.543. The molecule has 1 unspecified atom stereocenters. The van der Waals surface area contributed by atoms with Crippen molar-refractivity contribution >= 4 is 11.8 Å². The van der Waals surface area contributed by atoms with Crippen molar-refractivity contribution in [3.05, 3.63) is 65.2 Å². The van der Waals surface area contributed by atoms with Crippen LogP contribution in [-0.4, -0.2) is 18.8 Å². The third kappa shape index (κ3) is 4.83. The third-order valence-corrected chi connectivity index (χ3v) is 4.49. The van der Waals surface area contributed by atoms with Gasteiger partial charge in [0.2, 0.25) is 0 Å². The fourth-order valence-corrected chi connectivity index (χ4v) is 3.22. The van der Waals surface area contributed by atoms with Crippen LogP contribution < -0.4 is 5.32 Å². The van der Waals surface area contributed by atoms with Crippen LogP contribution in [0.5, 0.6) is 0 Å². The first kappa shape index (κ1) is 16.0. The number of aryl methyl sites for hydroxylation is 1. The van der Waals surface area contributed by atoms with E-state index >= 15 is 0 Å². The van der Waals surface area contributed by atoms with Gasteiger partial charge in [-0.3, -0.25) is 0 Å². The summed E-state index contributed by atoms with van der Waals surface area (Å²) >= 11 is 1.74. The van der Waals surface area contributed by atoms with Gasteiger partial charge in [-0.1, -0.05) is 23.8 Å². The van der Waals surface area contributed by atoms with Crippen molar-refractivity contribution in [2.75, 3.05) is 12.8 Å². The van der Waals surface area contributed by atoms with Crippen LogP contribution >= 0.6 is 11.8 Å². The standard InChI is InChI=1S/C17H19F2NS/c1-12-4-3-5-16(8-12)21-11-15(20-2)9-13-6-7-14(18)10-17(13)19/h3-8,10,15,20H,9,11H2,1-2H3. The Balaban J connectivity index is 1.97. The Labute approximate surface area is 128 Å². The quantitative estimate of drug-likeness (QED) is 0.803. The fraction of sp³-hybridized carbons (Fsp3) is 0.294. The molecule has 1 nitrogen and oxygen atoms in total. The average molecular weight is 307 g/mol. The molecule has 21 heavy (non-hydrogen) atoms. The summed E-state index contributed by atoms with van der Waals surface area (Å²) < 4.78 is 26.6. The molecular weight excluding hydrogens is 288 g/mol. The van der Waals surface area contributed by atoms with Crippen molar-refractivity contribution in [1.29, 1.82) is 0 Å². The van der Waals surface area contributed by atoms with E-state index in [1.807, 2.05) is 13.1 Å². The van der Waals surface area contributed by atoms with E-state index in [0.29, 0.717) is 12.0 Å². The van der Waals surface area contributed by atoms with Gasteiger partial charge < -0.3 is 5.32 Å². The largest absolute Gasteiger partial charge is 0.316 e. The summed E-state index contributed by atoms with van der Waals surface area (Å²) in [5.41, 5.74) is 1.77. The molecule has 1 atom stereocenters. The first-order valence-electron chi connectivity index (χ1n) is 6.89. The van der Waals surface area contributed by atoms with Crippen LogP contribution in [0.2, 0.25) is 0 Å². The maximum absolute atomic E-state index is 13.7. The van der Waals surface area contributed by atoms with Crippen LogP contribution in [0.15, 0.2) is 47.4 Å². The topological polar surface area (TPSA) is 12.0 Å². The Morgan fingerprint density at radius 2 is 1.95 bits per heavy atom. The molecule has 2 aromatic rings. The van der Waals surface area contributed by atoms with Crippen LogP contribution in [0.4, 0.5) is 8.78 Å². The molecule has 1 N–H and O–H groups in total. The average Bonchev–Trinajstić information content (AvgIpc) is 2.45. The van der Waals surface area contributed by atoms with Crippen molar-refractivity contribution in [2.45, 2.75) is 24.3 Å². The molecule has 4 heteroatoms. The van der Waals surface area contributed by atoms with Crippen LogP contribution in [0, 0.1) is 18.6 Å². The van der Waals surface area contributed by atoms with Gasteiger partial charge in [0.25, 0.3) is 0 Å². The molecule has 2 aromatic carbocycles. The van der Waals surface area contributed by atoms with E-state index in [0.717, 1.165) is 11.8 Å². The monoisotopic (exact) mass is 307 g/mol. The predicted molar refractivity (Wildman–Crippen MR) is 84.8 cm³/mol. The van der Waals surface area contributed by atoms with E-state index in [2.05, 4.69) is 30.4 Å². The molecule has 0 aliphatic rings. The Morgan fingerprint density at radius 3 is 2.62 bits per heavy atom. The Kier molecular flexibility index (Phi) is 5.76. The van der Waals surface area contributed by atoms with Crippen molar-refractivity contribution < 1.29 is 8.78 Å². The summed E-state index contributed by atoms with van der Waals surface area (Å²) in [6.45, 7) is 2.06. The zero-order valence-corrected chi connectivity index (χ0v) is 13.0. The highest BCUT2D eigenvalue weighted by atomic mass is 32.2. The van der Waals surface area contributed by atoms with Crippen molar-refractivity contribution in [3.8, 4) is 0 Å². The molecule has 0 aliphatic heterocycles. The molecule has 0 spiro atoms. The van der Waals surface area contributed by atoms with Gasteiger partial charge in [0.15, 0.2) is 0 Å².